The lowest BCUT2D eigenvalue weighted by Crippen LogP contribution is -2.06. The van der Waals surface area contributed by atoms with Gasteiger partial charge in [-0.2, -0.15) is 0 Å². The van der Waals surface area contributed by atoms with Crippen molar-refractivity contribution in [2.24, 2.45) is 7.05 Å². The summed E-state index contributed by atoms with van der Waals surface area (Å²) < 4.78 is 25.2. The zero-order valence-corrected chi connectivity index (χ0v) is 10.8. The van der Waals surface area contributed by atoms with E-state index in [4.69, 9.17) is 5.73 Å². The van der Waals surface area contributed by atoms with E-state index >= 15 is 0 Å². The molecule has 0 unspecified atom stereocenters. The number of nitrogens with zero attached hydrogens (tertiary/aromatic N) is 1. The van der Waals surface area contributed by atoms with Crippen LogP contribution in [-0.4, -0.2) is 18.7 Å². The van der Waals surface area contributed by atoms with E-state index in [1.54, 1.807) is 6.92 Å². The summed E-state index contributed by atoms with van der Waals surface area (Å²) in [5, 5.41) is 0.921. The number of benzene rings is 1. The minimum Gasteiger partial charge on any atom is -0.397 e. The summed E-state index contributed by atoms with van der Waals surface area (Å²) in [5.74, 6) is 0.232. The van der Waals surface area contributed by atoms with Crippen LogP contribution in [0, 0.1) is 0 Å². The molecular weight excluding hydrogens is 236 g/mol. The number of hydrogen-bond donors (Lipinski definition) is 1. The van der Waals surface area contributed by atoms with Gasteiger partial charge in [-0.15, -0.1) is 0 Å². The molecule has 0 radical (unpaired) electrons. The number of aromatic nitrogens is 1. The number of anilines is 1. The fourth-order valence-corrected chi connectivity index (χ4v) is 2.94. The molecule has 2 aromatic rings. The number of sulfone groups is 1. The van der Waals surface area contributed by atoms with Crippen molar-refractivity contribution in [3.63, 3.8) is 0 Å². The molecule has 1 aromatic heterocycles. The largest absolute Gasteiger partial charge is 0.397 e. The quantitative estimate of drug-likeness (QED) is 0.845. The van der Waals surface area contributed by atoms with Crippen LogP contribution in [0.5, 0.6) is 0 Å². The summed E-state index contributed by atoms with van der Waals surface area (Å²) in [6.45, 7) is 1.66. The highest BCUT2D eigenvalue weighted by Crippen LogP contribution is 2.26. The average Bonchev–Trinajstić information content (AvgIpc) is 2.56. The van der Waals surface area contributed by atoms with Crippen LogP contribution >= 0.6 is 0 Å². The summed E-state index contributed by atoms with van der Waals surface area (Å²) in [6, 6.07) is 5.58. The standard InChI is InChI=1S/C12H16N2O2S/c1-3-17(15,16)8-9-7-14(2)12-10(9)5-4-6-11(12)13/h4-7H,3,8,13H2,1-2H3. The van der Waals surface area contributed by atoms with Crippen LogP contribution in [0.1, 0.15) is 12.5 Å². The number of nitrogens with two attached hydrogens (primary N) is 1. The van der Waals surface area contributed by atoms with Gasteiger partial charge in [0.25, 0.3) is 0 Å². The fraction of sp³-hybridized carbons (Fsp3) is 0.333. The van der Waals surface area contributed by atoms with E-state index in [0.29, 0.717) is 5.69 Å². The molecule has 2 N–H and O–H groups in total. The van der Waals surface area contributed by atoms with E-state index < -0.39 is 9.84 Å². The molecule has 17 heavy (non-hydrogen) atoms. The predicted molar refractivity (Wildman–Crippen MR) is 70.5 cm³/mol. The van der Waals surface area contributed by atoms with E-state index in [-0.39, 0.29) is 11.5 Å². The Morgan fingerprint density at radius 2 is 2.06 bits per heavy atom. The fourth-order valence-electron chi connectivity index (χ4n) is 2.04. The molecule has 2 rings (SSSR count). The van der Waals surface area contributed by atoms with Crippen LogP contribution < -0.4 is 5.73 Å². The predicted octanol–water partition coefficient (Wildman–Crippen LogP) is 1.70. The van der Waals surface area contributed by atoms with Gasteiger partial charge >= 0.3 is 0 Å². The van der Waals surface area contributed by atoms with Gasteiger partial charge in [0.1, 0.15) is 0 Å². The Kier molecular flexibility index (Phi) is 2.87. The second-order valence-corrected chi connectivity index (χ2v) is 6.54. The Morgan fingerprint density at radius 1 is 1.35 bits per heavy atom. The Hall–Kier alpha value is -1.49. The number of nitrogen functional groups attached to an aromatic ring is 1. The molecule has 1 heterocycles. The smallest absolute Gasteiger partial charge is 0.154 e. The molecule has 0 saturated carbocycles. The average molecular weight is 252 g/mol. The third-order valence-electron chi connectivity index (χ3n) is 2.93. The Labute approximate surface area is 101 Å². The van der Waals surface area contributed by atoms with Gasteiger partial charge in [-0.25, -0.2) is 8.42 Å². The van der Waals surface area contributed by atoms with Crippen LogP contribution in [0.25, 0.3) is 10.9 Å². The molecule has 0 amide bonds. The highest BCUT2D eigenvalue weighted by Gasteiger charge is 2.15. The number of para-hydroxylation sites is 1. The van der Waals surface area contributed by atoms with Gasteiger partial charge in [0.2, 0.25) is 0 Å². The molecule has 5 heteroatoms. The van der Waals surface area contributed by atoms with Crippen LogP contribution in [0.2, 0.25) is 0 Å². The number of fused-ring (bicyclic) bond motifs is 1. The maximum Gasteiger partial charge on any atom is 0.154 e. The van der Waals surface area contributed by atoms with E-state index in [9.17, 15) is 8.42 Å². The first-order valence-electron chi connectivity index (χ1n) is 5.47. The zero-order valence-electron chi connectivity index (χ0n) is 9.97. The van der Waals surface area contributed by atoms with Crippen LogP contribution in [0.15, 0.2) is 24.4 Å². The van der Waals surface area contributed by atoms with E-state index in [1.165, 1.54) is 0 Å². The molecule has 92 valence electrons. The summed E-state index contributed by atoms with van der Waals surface area (Å²) in [7, 11) is -1.14. The summed E-state index contributed by atoms with van der Waals surface area (Å²) in [5.41, 5.74) is 8.28. The Bertz CT molecular complexity index is 656. The molecule has 4 nitrogen and oxygen atoms in total. The second kappa shape index (κ2) is 4.07. The Balaban J connectivity index is 2.61. The van der Waals surface area contributed by atoms with Crippen LogP contribution in [-0.2, 0) is 22.6 Å². The van der Waals surface area contributed by atoms with Crippen molar-refractivity contribution in [1.82, 2.24) is 4.57 Å². The van der Waals surface area contributed by atoms with E-state index in [1.807, 2.05) is 36.0 Å². The third kappa shape index (κ3) is 2.15. The van der Waals surface area contributed by atoms with Gasteiger partial charge in [0.15, 0.2) is 9.84 Å². The molecule has 0 bridgehead atoms. The van der Waals surface area contributed by atoms with Crippen molar-refractivity contribution in [3.05, 3.63) is 30.0 Å². The van der Waals surface area contributed by atoms with Gasteiger partial charge in [0, 0.05) is 24.4 Å². The maximum absolute atomic E-state index is 11.7. The monoisotopic (exact) mass is 252 g/mol. The van der Waals surface area contributed by atoms with Gasteiger partial charge < -0.3 is 10.3 Å². The van der Waals surface area contributed by atoms with E-state index in [0.717, 1.165) is 16.5 Å². The van der Waals surface area contributed by atoms with Gasteiger partial charge in [-0.05, 0) is 11.6 Å². The molecular formula is C12H16N2O2S. The summed E-state index contributed by atoms with van der Waals surface area (Å²) in [4.78, 5) is 0. The maximum atomic E-state index is 11.7. The molecule has 0 atom stereocenters. The minimum absolute atomic E-state index is 0.0737. The SMILES string of the molecule is CCS(=O)(=O)Cc1cn(C)c2c(N)cccc12. The normalized spacial score (nSPS) is 12.1. The highest BCUT2D eigenvalue weighted by atomic mass is 32.2. The van der Waals surface area contributed by atoms with Crippen LogP contribution in [0.3, 0.4) is 0 Å². The van der Waals surface area contributed by atoms with Crippen molar-refractivity contribution in [1.29, 1.82) is 0 Å². The van der Waals surface area contributed by atoms with Crippen LogP contribution in [0.4, 0.5) is 5.69 Å². The first kappa shape index (κ1) is 12.0. The number of rotatable bonds is 3. The Morgan fingerprint density at radius 3 is 2.71 bits per heavy atom. The van der Waals surface area contributed by atoms with Crippen molar-refractivity contribution < 1.29 is 8.42 Å². The molecule has 1 aromatic carbocycles. The molecule has 0 aliphatic carbocycles. The second-order valence-electron chi connectivity index (χ2n) is 4.19. The lowest BCUT2D eigenvalue weighted by molar-refractivity contribution is 0.596. The van der Waals surface area contributed by atoms with Gasteiger partial charge in [0.05, 0.1) is 17.0 Å². The summed E-state index contributed by atoms with van der Waals surface area (Å²) in [6.07, 6.45) is 1.84. The number of aryl methyl sites for hydroxylation is 1. The highest BCUT2D eigenvalue weighted by molar-refractivity contribution is 7.90. The first-order chi connectivity index (χ1) is 7.94. The van der Waals surface area contributed by atoms with E-state index in [2.05, 4.69) is 0 Å². The zero-order chi connectivity index (χ0) is 12.6. The molecule has 0 spiro atoms. The first-order valence-corrected chi connectivity index (χ1v) is 7.29. The summed E-state index contributed by atoms with van der Waals surface area (Å²) >= 11 is 0. The molecule has 0 aliphatic heterocycles. The van der Waals surface area contributed by atoms with Gasteiger partial charge in [-0.1, -0.05) is 19.1 Å². The lowest BCUT2D eigenvalue weighted by atomic mass is 10.2. The molecule has 0 saturated heterocycles. The minimum atomic E-state index is -3.02. The number of hydrogen-bond acceptors (Lipinski definition) is 3. The molecule has 0 aliphatic rings. The van der Waals surface area contributed by atoms with Crippen molar-refractivity contribution in [3.8, 4) is 0 Å². The van der Waals surface area contributed by atoms with Crippen molar-refractivity contribution in [2.45, 2.75) is 12.7 Å². The third-order valence-corrected chi connectivity index (χ3v) is 4.56. The van der Waals surface area contributed by atoms with Crippen molar-refractivity contribution >= 4 is 26.4 Å². The topological polar surface area (TPSA) is 65.1 Å². The molecule has 0 fully saturated rings. The van der Waals surface area contributed by atoms with Gasteiger partial charge in [-0.3, -0.25) is 0 Å². The van der Waals surface area contributed by atoms with Crippen molar-refractivity contribution in [2.75, 3.05) is 11.5 Å². The lowest BCUT2D eigenvalue weighted by Gasteiger charge is -2.01.